The van der Waals surface area contributed by atoms with Gasteiger partial charge in [0, 0.05) is 29.6 Å². The van der Waals surface area contributed by atoms with Crippen LogP contribution in [0.25, 0.3) is 0 Å². The van der Waals surface area contributed by atoms with Crippen molar-refractivity contribution in [3.8, 4) is 0 Å². The molecule has 1 aromatic rings. The first-order valence-corrected chi connectivity index (χ1v) is 2.62. The molecule has 1 nitrogen and oxygen atoms in total. The molecule has 0 saturated carbocycles. The van der Waals surface area contributed by atoms with Crippen molar-refractivity contribution in [2.24, 2.45) is 0 Å². The second-order valence-electron chi connectivity index (χ2n) is 1.86. The maximum atomic E-state index is 5.52. The number of nitrogens with two attached hydrogens (primary N) is 1. The van der Waals surface area contributed by atoms with Crippen LogP contribution in [0.4, 0.5) is 5.69 Å². The second kappa shape index (κ2) is 3.77. The van der Waals surface area contributed by atoms with Crippen LogP contribution in [0, 0.1) is 6.92 Å². The summed E-state index contributed by atoms with van der Waals surface area (Å²) in [5.41, 5.74) is 7.53. The summed E-state index contributed by atoms with van der Waals surface area (Å²) in [6.07, 6.45) is 0. The van der Waals surface area contributed by atoms with Crippen molar-refractivity contribution in [2.75, 3.05) is 5.73 Å². The number of hydrogen-bond acceptors (Lipinski definition) is 1. The molecule has 0 aliphatic heterocycles. The van der Waals surface area contributed by atoms with E-state index in [0.29, 0.717) is 0 Å². The molecule has 4 radical (unpaired) electrons. The molecule has 0 spiro atoms. The molecule has 0 bridgehead atoms. The van der Waals surface area contributed by atoms with Gasteiger partial charge in [-0.15, -0.1) is 0 Å². The van der Waals surface area contributed by atoms with Crippen LogP contribution in [0.2, 0.25) is 0 Å². The Balaban J connectivity index is 0.000000640. The molecule has 1 rings (SSSR count). The Bertz CT molecular complexity index is 165. The first-order valence-electron chi connectivity index (χ1n) is 2.62. The number of nitrogen functional groups attached to an aromatic ring is 1. The molecule has 2 N–H and O–H groups in total. The molecule has 0 heterocycles. The van der Waals surface area contributed by atoms with Gasteiger partial charge in [-0.3, -0.25) is 0 Å². The molecular formula is C7H9NSn. The smallest absolute Gasteiger partial charge is 0.0343 e. The molecule has 0 saturated heterocycles. The zero-order valence-electron chi connectivity index (χ0n) is 5.39. The van der Waals surface area contributed by atoms with Crippen molar-refractivity contribution in [2.45, 2.75) is 6.92 Å². The van der Waals surface area contributed by atoms with Crippen molar-refractivity contribution >= 4 is 29.6 Å². The molecule has 0 atom stereocenters. The van der Waals surface area contributed by atoms with Gasteiger partial charge in [-0.2, -0.15) is 0 Å². The molecular weight excluding hydrogens is 217 g/mol. The van der Waals surface area contributed by atoms with Crippen LogP contribution < -0.4 is 5.73 Å². The van der Waals surface area contributed by atoms with E-state index in [9.17, 15) is 0 Å². The number of hydrogen-bond donors (Lipinski definition) is 1. The van der Waals surface area contributed by atoms with Crippen molar-refractivity contribution in [1.29, 1.82) is 0 Å². The normalized spacial score (nSPS) is 8.11. The third-order valence-corrected chi connectivity index (χ3v) is 1.19. The molecule has 0 aliphatic rings. The van der Waals surface area contributed by atoms with Crippen molar-refractivity contribution in [3.05, 3.63) is 29.8 Å². The fraction of sp³-hybridized carbons (Fsp3) is 0.143. The van der Waals surface area contributed by atoms with E-state index < -0.39 is 0 Å². The number of rotatable bonds is 0. The van der Waals surface area contributed by atoms with E-state index in [1.807, 2.05) is 31.2 Å². The number of para-hydroxylation sites is 1. The fourth-order valence-electron chi connectivity index (χ4n) is 0.587. The van der Waals surface area contributed by atoms with Gasteiger partial charge in [0.15, 0.2) is 0 Å². The summed E-state index contributed by atoms with van der Waals surface area (Å²) in [5.74, 6) is 0. The summed E-state index contributed by atoms with van der Waals surface area (Å²) in [4.78, 5) is 0. The Morgan fingerprint density at radius 2 is 1.78 bits per heavy atom. The van der Waals surface area contributed by atoms with Crippen LogP contribution in [0.1, 0.15) is 5.56 Å². The third kappa shape index (κ3) is 2.26. The molecule has 0 unspecified atom stereocenters. The van der Waals surface area contributed by atoms with Crippen molar-refractivity contribution in [3.63, 3.8) is 0 Å². The maximum Gasteiger partial charge on any atom is 0.0343 e. The second-order valence-corrected chi connectivity index (χ2v) is 1.86. The topological polar surface area (TPSA) is 26.0 Å². The summed E-state index contributed by atoms with van der Waals surface area (Å²) in [6.45, 7) is 2.00. The van der Waals surface area contributed by atoms with Gasteiger partial charge in [0.05, 0.1) is 0 Å². The van der Waals surface area contributed by atoms with Crippen molar-refractivity contribution < 1.29 is 0 Å². The SMILES string of the molecule is Cc1ccccc1N.[Sn]. The average molecular weight is 226 g/mol. The largest absolute Gasteiger partial charge is 0.399 e. The predicted molar refractivity (Wildman–Crippen MR) is 41.3 cm³/mol. The average Bonchev–Trinajstić information content (AvgIpc) is 1.77. The maximum absolute atomic E-state index is 5.52. The molecule has 46 valence electrons. The molecule has 1 aromatic carbocycles. The Morgan fingerprint density at radius 1 is 1.22 bits per heavy atom. The molecule has 0 amide bonds. The van der Waals surface area contributed by atoms with E-state index in [1.165, 1.54) is 0 Å². The van der Waals surface area contributed by atoms with Gasteiger partial charge in [0.2, 0.25) is 0 Å². The monoisotopic (exact) mass is 227 g/mol. The minimum Gasteiger partial charge on any atom is -0.399 e. The van der Waals surface area contributed by atoms with Gasteiger partial charge in [-0.1, -0.05) is 18.2 Å². The van der Waals surface area contributed by atoms with Gasteiger partial charge in [-0.05, 0) is 18.6 Å². The van der Waals surface area contributed by atoms with Crippen LogP contribution in [-0.4, -0.2) is 23.9 Å². The first kappa shape index (κ1) is 8.82. The standard InChI is InChI=1S/C7H9N.Sn/c1-6-4-2-3-5-7(6)8;/h2-5H,8H2,1H3;. The zero-order valence-corrected chi connectivity index (χ0v) is 8.24. The molecule has 2 heteroatoms. The quantitative estimate of drug-likeness (QED) is 0.521. The van der Waals surface area contributed by atoms with Crippen LogP contribution in [0.3, 0.4) is 0 Å². The first-order chi connectivity index (χ1) is 3.80. The van der Waals surface area contributed by atoms with Crippen LogP contribution in [0.5, 0.6) is 0 Å². The summed E-state index contributed by atoms with van der Waals surface area (Å²) in [6, 6.07) is 7.80. The minimum atomic E-state index is 0. The molecule has 0 aromatic heterocycles. The third-order valence-electron chi connectivity index (χ3n) is 1.19. The van der Waals surface area contributed by atoms with E-state index in [-0.39, 0.29) is 23.9 Å². The van der Waals surface area contributed by atoms with Crippen LogP contribution in [-0.2, 0) is 0 Å². The van der Waals surface area contributed by atoms with E-state index in [2.05, 4.69) is 0 Å². The fourth-order valence-corrected chi connectivity index (χ4v) is 0.587. The van der Waals surface area contributed by atoms with Gasteiger partial charge < -0.3 is 5.73 Å². The van der Waals surface area contributed by atoms with Crippen molar-refractivity contribution in [1.82, 2.24) is 0 Å². The summed E-state index contributed by atoms with van der Waals surface area (Å²) in [7, 11) is 0. The van der Waals surface area contributed by atoms with Crippen LogP contribution in [0.15, 0.2) is 24.3 Å². The Labute approximate surface area is 72.2 Å². The molecule has 0 fully saturated rings. The van der Waals surface area contributed by atoms with E-state index in [4.69, 9.17) is 5.73 Å². The minimum absolute atomic E-state index is 0. The van der Waals surface area contributed by atoms with Crippen LogP contribution >= 0.6 is 0 Å². The molecule has 9 heavy (non-hydrogen) atoms. The Morgan fingerprint density at radius 3 is 2.11 bits per heavy atom. The van der Waals surface area contributed by atoms with E-state index in [1.54, 1.807) is 0 Å². The Kier molecular flexibility index (Phi) is 3.69. The van der Waals surface area contributed by atoms with E-state index >= 15 is 0 Å². The summed E-state index contributed by atoms with van der Waals surface area (Å²) in [5, 5.41) is 0. The number of anilines is 1. The van der Waals surface area contributed by atoms with Gasteiger partial charge in [0.1, 0.15) is 0 Å². The van der Waals surface area contributed by atoms with Gasteiger partial charge >= 0.3 is 0 Å². The summed E-state index contributed by atoms with van der Waals surface area (Å²) < 4.78 is 0. The van der Waals surface area contributed by atoms with E-state index in [0.717, 1.165) is 11.3 Å². The number of benzene rings is 1. The number of aryl methyl sites for hydroxylation is 1. The van der Waals surface area contributed by atoms with Gasteiger partial charge in [-0.25, -0.2) is 0 Å². The molecule has 0 aliphatic carbocycles. The Hall–Kier alpha value is -0.181. The van der Waals surface area contributed by atoms with Gasteiger partial charge in [0.25, 0.3) is 0 Å². The predicted octanol–water partition coefficient (Wildman–Crippen LogP) is 1.20. The summed E-state index contributed by atoms with van der Waals surface area (Å²) >= 11 is 0. The zero-order chi connectivity index (χ0) is 5.98.